The molecule has 1 aromatic rings. The second kappa shape index (κ2) is 5.29. The minimum Gasteiger partial charge on any atom is -0.391 e. The highest BCUT2D eigenvalue weighted by Gasteiger charge is 2.30. The largest absolute Gasteiger partial charge is 0.391 e. The average Bonchev–Trinajstić information content (AvgIpc) is 3.19. The molecule has 0 amide bonds. The third-order valence-corrected chi connectivity index (χ3v) is 4.83. The van der Waals surface area contributed by atoms with E-state index in [2.05, 4.69) is 4.72 Å². The standard InChI is InChI=1S/C13H16N2O3S/c1-9-6-10(7-14)2-5-13(9)19(17,18)15-8-12(16)11-3-4-11/h2,5-6,11-12,15-16H,3-4,8H2,1H3. The van der Waals surface area contributed by atoms with Gasteiger partial charge in [-0.3, -0.25) is 0 Å². The van der Waals surface area contributed by atoms with E-state index in [-0.39, 0.29) is 17.4 Å². The summed E-state index contributed by atoms with van der Waals surface area (Å²) in [5.74, 6) is 0.227. The summed E-state index contributed by atoms with van der Waals surface area (Å²) in [4.78, 5) is 0.148. The summed E-state index contributed by atoms with van der Waals surface area (Å²) in [6.45, 7) is 1.68. The van der Waals surface area contributed by atoms with E-state index >= 15 is 0 Å². The Balaban J connectivity index is 2.12. The van der Waals surface area contributed by atoms with Gasteiger partial charge in [-0.15, -0.1) is 0 Å². The molecule has 0 radical (unpaired) electrons. The monoisotopic (exact) mass is 280 g/mol. The molecule has 1 aromatic carbocycles. The van der Waals surface area contributed by atoms with Crippen molar-refractivity contribution in [3.05, 3.63) is 29.3 Å². The zero-order valence-electron chi connectivity index (χ0n) is 10.6. The van der Waals surface area contributed by atoms with Crippen LogP contribution in [0.5, 0.6) is 0 Å². The first kappa shape index (κ1) is 14.0. The third kappa shape index (κ3) is 3.32. The lowest BCUT2D eigenvalue weighted by Gasteiger charge is -2.12. The number of aliphatic hydroxyl groups is 1. The van der Waals surface area contributed by atoms with Crippen molar-refractivity contribution >= 4 is 10.0 Å². The highest BCUT2D eigenvalue weighted by molar-refractivity contribution is 7.89. The van der Waals surface area contributed by atoms with Crippen LogP contribution in [0.25, 0.3) is 0 Å². The Bertz CT molecular complexity index is 615. The van der Waals surface area contributed by atoms with Gasteiger partial charge in [0.15, 0.2) is 0 Å². The Morgan fingerprint density at radius 2 is 2.21 bits per heavy atom. The third-order valence-electron chi connectivity index (χ3n) is 3.24. The van der Waals surface area contributed by atoms with Gasteiger partial charge in [-0.05, 0) is 49.4 Å². The first-order chi connectivity index (χ1) is 8.94. The van der Waals surface area contributed by atoms with E-state index in [1.807, 2.05) is 6.07 Å². The summed E-state index contributed by atoms with van der Waals surface area (Å²) < 4.78 is 26.6. The SMILES string of the molecule is Cc1cc(C#N)ccc1S(=O)(=O)NCC(O)C1CC1. The van der Waals surface area contributed by atoms with Crippen molar-refractivity contribution in [1.82, 2.24) is 4.72 Å². The molecule has 1 aliphatic carbocycles. The predicted octanol–water partition coefficient (Wildman–Crippen LogP) is 0.916. The van der Waals surface area contributed by atoms with Crippen LogP contribution in [0.4, 0.5) is 0 Å². The van der Waals surface area contributed by atoms with Gasteiger partial charge in [-0.25, -0.2) is 13.1 Å². The zero-order chi connectivity index (χ0) is 14.0. The molecule has 0 spiro atoms. The number of nitrogens with zero attached hydrogens (tertiary/aromatic N) is 1. The fourth-order valence-corrected chi connectivity index (χ4v) is 3.22. The van der Waals surface area contributed by atoms with Gasteiger partial charge < -0.3 is 5.11 Å². The molecule has 1 atom stereocenters. The van der Waals surface area contributed by atoms with Crippen LogP contribution in [-0.4, -0.2) is 26.2 Å². The topological polar surface area (TPSA) is 90.2 Å². The molecular formula is C13H16N2O3S. The van der Waals surface area contributed by atoms with Gasteiger partial charge >= 0.3 is 0 Å². The normalized spacial score (nSPS) is 16.9. The number of nitriles is 1. The zero-order valence-corrected chi connectivity index (χ0v) is 11.4. The summed E-state index contributed by atoms with van der Waals surface area (Å²) in [6.07, 6.45) is 1.30. The molecule has 0 heterocycles. The number of nitrogens with one attached hydrogen (secondary N) is 1. The van der Waals surface area contributed by atoms with E-state index in [1.54, 1.807) is 6.92 Å². The maximum absolute atomic E-state index is 12.1. The lowest BCUT2D eigenvalue weighted by atomic mass is 10.2. The first-order valence-electron chi connectivity index (χ1n) is 6.12. The summed E-state index contributed by atoms with van der Waals surface area (Å²) in [7, 11) is -3.64. The molecule has 6 heteroatoms. The van der Waals surface area contributed by atoms with Gasteiger partial charge in [0.25, 0.3) is 0 Å². The molecule has 1 fully saturated rings. The Morgan fingerprint density at radius 1 is 1.53 bits per heavy atom. The van der Waals surface area contributed by atoms with Gasteiger partial charge in [0.2, 0.25) is 10.0 Å². The van der Waals surface area contributed by atoms with Crippen molar-refractivity contribution in [3.63, 3.8) is 0 Å². The van der Waals surface area contributed by atoms with Crippen molar-refractivity contribution in [2.24, 2.45) is 5.92 Å². The molecule has 5 nitrogen and oxygen atoms in total. The second-order valence-electron chi connectivity index (χ2n) is 4.85. The maximum atomic E-state index is 12.1. The fraction of sp³-hybridized carbons (Fsp3) is 0.462. The van der Waals surface area contributed by atoms with Crippen molar-refractivity contribution in [1.29, 1.82) is 5.26 Å². The molecular weight excluding hydrogens is 264 g/mol. The first-order valence-corrected chi connectivity index (χ1v) is 7.61. The summed E-state index contributed by atoms with van der Waals surface area (Å²) in [6, 6.07) is 6.39. The molecule has 102 valence electrons. The van der Waals surface area contributed by atoms with Crippen LogP contribution in [0.15, 0.2) is 23.1 Å². The van der Waals surface area contributed by atoms with Crippen molar-refractivity contribution < 1.29 is 13.5 Å². The Labute approximate surface area is 112 Å². The number of hydrogen-bond acceptors (Lipinski definition) is 4. The van der Waals surface area contributed by atoms with Gasteiger partial charge in [0.1, 0.15) is 0 Å². The van der Waals surface area contributed by atoms with Crippen LogP contribution in [0, 0.1) is 24.2 Å². The van der Waals surface area contributed by atoms with Crippen molar-refractivity contribution in [2.75, 3.05) is 6.54 Å². The highest BCUT2D eigenvalue weighted by atomic mass is 32.2. The van der Waals surface area contributed by atoms with E-state index in [9.17, 15) is 13.5 Å². The van der Waals surface area contributed by atoms with E-state index < -0.39 is 16.1 Å². The summed E-state index contributed by atoms with van der Waals surface area (Å²) >= 11 is 0. The molecule has 2 N–H and O–H groups in total. The minimum absolute atomic E-state index is 0.0342. The second-order valence-corrected chi connectivity index (χ2v) is 6.58. The van der Waals surface area contributed by atoms with Gasteiger partial charge in [-0.1, -0.05) is 0 Å². The fourth-order valence-electron chi connectivity index (χ4n) is 1.94. The van der Waals surface area contributed by atoms with E-state index in [0.717, 1.165) is 12.8 Å². The molecule has 19 heavy (non-hydrogen) atoms. The molecule has 1 unspecified atom stereocenters. The number of benzene rings is 1. The molecule has 0 bridgehead atoms. The van der Waals surface area contributed by atoms with Crippen LogP contribution in [0.1, 0.15) is 24.0 Å². The lowest BCUT2D eigenvalue weighted by molar-refractivity contribution is 0.155. The smallest absolute Gasteiger partial charge is 0.240 e. The minimum atomic E-state index is -3.64. The Hall–Kier alpha value is -1.42. The molecule has 0 saturated heterocycles. The molecule has 0 aromatic heterocycles. The van der Waals surface area contributed by atoms with Gasteiger partial charge in [-0.2, -0.15) is 5.26 Å². The molecule has 0 aliphatic heterocycles. The molecule has 1 saturated carbocycles. The number of sulfonamides is 1. The highest BCUT2D eigenvalue weighted by Crippen LogP contribution is 2.32. The van der Waals surface area contributed by atoms with Crippen molar-refractivity contribution in [3.8, 4) is 6.07 Å². The van der Waals surface area contributed by atoms with Gasteiger partial charge in [0, 0.05) is 6.54 Å². The number of aliphatic hydroxyl groups excluding tert-OH is 1. The van der Waals surface area contributed by atoms with E-state index in [0.29, 0.717) is 11.1 Å². The quantitative estimate of drug-likeness (QED) is 0.839. The van der Waals surface area contributed by atoms with E-state index in [1.165, 1.54) is 18.2 Å². The average molecular weight is 280 g/mol. The van der Waals surface area contributed by atoms with Crippen molar-refractivity contribution in [2.45, 2.75) is 30.8 Å². The number of hydrogen-bond donors (Lipinski definition) is 2. The van der Waals surface area contributed by atoms with Crippen LogP contribution >= 0.6 is 0 Å². The lowest BCUT2D eigenvalue weighted by Crippen LogP contribution is -2.33. The summed E-state index contributed by atoms with van der Waals surface area (Å²) in [5.41, 5.74) is 0.946. The Kier molecular flexibility index (Phi) is 3.90. The van der Waals surface area contributed by atoms with Crippen LogP contribution < -0.4 is 4.72 Å². The van der Waals surface area contributed by atoms with Gasteiger partial charge in [0.05, 0.1) is 22.6 Å². The van der Waals surface area contributed by atoms with Crippen LogP contribution in [0.3, 0.4) is 0 Å². The molecule has 2 rings (SSSR count). The maximum Gasteiger partial charge on any atom is 0.240 e. The van der Waals surface area contributed by atoms with Crippen LogP contribution in [0.2, 0.25) is 0 Å². The number of rotatable bonds is 5. The summed E-state index contributed by atoms with van der Waals surface area (Å²) in [5, 5.41) is 18.4. The van der Waals surface area contributed by atoms with Crippen LogP contribution in [-0.2, 0) is 10.0 Å². The predicted molar refractivity (Wildman–Crippen MR) is 69.8 cm³/mol. The van der Waals surface area contributed by atoms with E-state index in [4.69, 9.17) is 5.26 Å². The Morgan fingerprint density at radius 3 is 2.74 bits per heavy atom. The molecule has 1 aliphatic rings. The number of aryl methyl sites for hydroxylation is 1.